The summed E-state index contributed by atoms with van der Waals surface area (Å²) in [5, 5.41) is 11.0. The number of unbranched alkanes of at least 4 members (excludes halogenated alkanes) is 18. The number of nitrogens with one attached hydrogen (secondary N) is 3. The predicted molar refractivity (Wildman–Crippen MR) is 239 cm³/mol. The zero-order valence-electron chi connectivity index (χ0n) is 36.0. The molecule has 0 aromatic carbocycles. The first-order valence-electron chi connectivity index (χ1n) is 23.4. The molecule has 0 aliphatic carbocycles. The highest BCUT2D eigenvalue weighted by atomic mass is 15.3. The topological polar surface area (TPSA) is 42.6 Å². The van der Waals surface area contributed by atoms with E-state index in [0.717, 1.165) is 39.0 Å². The SMILES string of the molecule is CCCCC/C=C\C/C=C\CCCCCCCCC(CCCCCCCC/C=C\C/C=C\CCCCC)NCCNCCN1CCN(CCNC)CC1. The Kier molecular flexibility index (Phi) is 39.4. The molecule has 1 rings (SSSR count). The number of nitrogens with zero attached hydrogens (tertiary/aromatic N) is 2. The van der Waals surface area contributed by atoms with Crippen molar-refractivity contribution in [3.63, 3.8) is 0 Å². The first-order valence-corrected chi connectivity index (χ1v) is 23.4. The molecular formula is C48H93N5. The van der Waals surface area contributed by atoms with E-state index in [-0.39, 0.29) is 0 Å². The van der Waals surface area contributed by atoms with Crippen molar-refractivity contribution in [2.24, 2.45) is 0 Å². The summed E-state index contributed by atoms with van der Waals surface area (Å²) in [4.78, 5) is 5.23. The maximum Gasteiger partial charge on any atom is 0.0110 e. The summed E-state index contributed by atoms with van der Waals surface area (Å²) < 4.78 is 0. The average molecular weight is 740 g/mol. The van der Waals surface area contributed by atoms with Gasteiger partial charge in [0.2, 0.25) is 0 Å². The normalized spacial score (nSPS) is 14.9. The van der Waals surface area contributed by atoms with Crippen LogP contribution in [0.3, 0.4) is 0 Å². The molecule has 53 heavy (non-hydrogen) atoms. The van der Waals surface area contributed by atoms with Gasteiger partial charge in [-0.2, -0.15) is 0 Å². The number of hydrogen-bond acceptors (Lipinski definition) is 5. The summed E-state index contributed by atoms with van der Waals surface area (Å²) in [7, 11) is 2.05. The lowest BCUT2D eigenvalue weighted by molar-refractivity contribution is 0.134. The molecule has 0 aromatic heterocycles. The summed E-state index contributed by atoms with van der Waals surface area (Å²) >= 11 is 0. The van der Waals surface area contributed by atoms with E-state index in [0.29, 0.717) is 6.04 Å². The molecule has 1 aliphatic heterocycles. The summed E-state index contributed by atoms with van der Waals surface area (Å²) in [6.07, 6.45) is 53.7. The Morgan fingerprint density at radius 2 is 0.830 bits per heavy atom. The molecule has 1 heterocycles. The fourth-order valence-corrected chi connectivity index (χ4v) is 7.34. The van der Waals surface area contributed by atoms with Gasteiger partial charge in [0.25, 0.3) is 0 Å². The van der Waals surface area contributed by atoms with Gasteiger partial charge in [-0.25, -0.2) is 0 Å². The van der Waals surface area contributed by atoms with Crippen LogP contribution in [0.5, 0.6) is 0 Å². The molecule has 1 saturated heterocycles. The Hall–Kier alpha value is -1.24. The van der Waals surface area contributed by atoms with Gasteiger partial charge < -0.3 is 16.0 Å². The first-order chi connectivity index (χ1) is 26.3. The fourth-order valence-electron chi connectivity index (χ4n) is 7.34. The summed E-state index contributed by atoms with van der Waals surface area (Å²) in [6, 6.07) is 0.694. The quantitative estimate of drug-likeness (QED) is 0.0431. The van der Waals surface area contributed by atoms with E-state index in [1.54, 1.807) is 0 Å². The highest BCUT2D eigenvalue weighted by molar-refractivity contribution is 4.93. The van der Waals surface area contributed by atoms with Crippen LogP contribution in [0.25, 0.3) is 0 Å². The van der Waals surface area contributed by atoms with Crippen molar-refractivity contribution in [2.45, 2.75) is 187 Å². The third-order valence-corrected chi connectivity index (χ3v) is 11.0. The van der Waals surface area contributed by atoms with Crippen molar-refractivity contribution in [1.29, 1.82) is 0 Å². The zero-order valence-corrected chi connectivity index (χ0v) is 36.0. The minimum atomic E-state index is 0.694. The van der Waals surface area contributed by atoms with Gasteiger partial charge in [0.05, 0.1) is 0 Å². The minimum absolute atomic E-state index is 0.694. The zero-order chi connectivity index (χ0) is 38.0. The largest absolute Gasteiger partial charge is 0.318 e. The Balaban J connectivity index is 2.17. The van der Waals surface area contributed by atoms with Gasteiger partial charge in [0.1, 0.15) is 0 Å². The first kappa shape index (κ1) is 49.8. The van der Waals surface area contributed by atoms with Crippen molar-refractivity contribution in [3.8, 4) is 0 Å². The molecule has 5 nitrogen and oxygen atoms in total. The molecule has 5 heteroatoms. The maximum atomic E-state index is 3.97. The van der Waals surface area contributed by atoms with Crippen molar-refractivity contribution in [1.82, 2.24) is 25.8 Å². The molecule has 0 radical (unpaired) electrons. The van der Waals surface area contributed by atoms with Crippen LogP contribution in [0.1, 0.15) is 181 Å². The van der Waals surface area contributed by atoms with Crippen molar-refractivity contribution >= 4 is 0 Å². The van der Waals surface area contributed by atoms with E-state index in [9.17, 15) is 0 Å². The molecule has 0 bridgehead atoms. The summed E-state index contributed by atoms with van der Waals surface area (Å²) in [5.41, 5.74) is 0. The summed E-state index contributed by atoms with van der Waals surface area (Å²) in [5.74, 6) is 0. The molecule has 0 atom stereocenters. The van der Waals surface area contributed by atoms with Crippen molar-refractivity contribution in [3.05, 3.63) is 48.6 Å². The van der Waals surface area contributed by atoms with Crippen LogP contribution in [-0.4, -0.2) is 88.3 Å². The van der Waals surface area contributed by atoms with Gasteiger partial charge in [-0.15, -0.1) is 0 Å². The minimum Gasteiger partial charge on any atom is -0.318 e. The van der Waals surface area contributed by atoms with Crippen LogP contribution in [0, 0.1) is 0 Å². The molecule has 0 spiro atoms. The van der Waals surface area contributed by atoms with Crippen molar-refractivity contribution < 1.29 is 0 Å². The van der Waals surface area contributed by atoms with Crippen LogP contribution in [0.2, 0.25) is 0 Å². The average Bonchev–Trinajstić information content (AvgIpc) is 3.18. The lowest BCUT2D eigenvalue weighted by Crippen LogP contribution is -2.49. The fraction of sp³-hybridized carbons (Fsp3) is 0.833. The number of piperazine rings is 1. The van der Waals surface area contributed by atoms with E-state index in [4.69, 9.17) is 0 Å². The van der Waals surface area contributed by atoms with E-state index in [1.807, 2.05) is 0 Å². The molecule has 0 saturated carbocycles. The number of likely N-dealkylation sites (N-methyl/N-ethyl adjacent to an activating group) is 1. The van der Waals surface area contributed by atoms with E-state index in [2.05, 4.69) is 95.3 Å². The number of hydrogen-bond donors (Lipinski definition) is 3. The Morgan fingerprint density at radius 3 is 1.26 bits per heavy atom. The second-order valence-electron chi connectivity index (χ2n) is 15.9. The van der Waals surface area contributed by atoms with Crippen molar-refractivity contribution in [2.75, 3.05) is 72.5 Å². The standard InChI is InChI=1S/C48H93N5/c1-4-6-8-10-12-14-16-18-20-22-24-26-28-30-32-34-36-48(51-39-38-50-41-43-53-46-44-52(45-47-53)42-40-49-3)37-35-33-31-29-27-25-23-21-19-17-15-13-11-9-7-5-2/h12-15,18-21,48-51H,4-11,16-17,22-47H2,1-3H3/b14-12-,15-13-,20-18-,21-19-. The lowest BCUT2D eigenvalue weighted by atomic mass is 9.99. The van der Waals surface area contributed by atoms with Gasteiger partial charge in [0, 0.05) is 71.5 Å². The van der Waals surface area contributed by atoms with E-state index in [1.165, 1.54) is 193 Å². The monoisotopic (exact) mass is 740 g/mol. The van der Waals surface area contributed by atoms with Crippen LogP contribution < -0.4 is 16.0 Å². The molecule has 310 valence electrons. The molecular weight excluding hydrogens is 647 g/mol. The Bertz CT molecular complexity index is 780. The molecule has 1 aliphatic rings. The number of allylic oxidation sites excluding steroid dienone is 8. The van der Waals surface area contributed by atoms with E-state index < -0.39 is 0 Å². The van der Waals surface area contributed by atoms with Gasteiger partial charge >= 0.3 is 0 Å². The van der Waals surface area contributed by atoms with Crippen LogP contribution >= 0.6 is 0 Å². The van der Waals surface area contributed by atoms with E-state index >= 15 is 0 Å². The molecule has 0 unspecified atom stereocenters. The second kappa shape index (κ2) is 41.9. The molecule has 1 fully saturated rings. The van der Waals surface area contributed by atoms with Crippen LogP contribution in [0.15, 0.2) is 48.6 Å². The molecule has 0 aromatic rings. The second-order valence-corrected chi connectivity index (χ2v) is 15.9. The number of rotatable bonds is 40. The predicted octanol–water partition coefficient (Wildman–Crippen LogP) is 11.8. The smallest absolute Gasteiger partial charge is 0.0110 e. The van der Waals surface area contributed by atoms with Gasteiger partial charge in [0.15, 0.2) is 0 Å². The third kappa shape index (κ3) is 36.2. The van der Waals surface area contributed by atoms with Crippen LogP contribution in [0.4, 0.5) is 0 Å². The molecule has 0 amide bonds. The highest BCUT2D eigenvalue weighted by Crippen LogP contribution is 2.15. The van der Waals surface area contributed by atoms with Gasteiger partial charge in [-0.3, -0.25) is 9.80 Å². The summed E-state index contributed by atoms with van der Waals surface area (Å²) in [6.45, 7) is 16.2. The highest BCUT2D eigenvalue weighted by Gasteiger charge is 2.15. The maximum absolute atomic E-state index is 3.97. The molecule has 3 N–H and O–H groups in total. The Morgan fingerprint density at radius 1 is 0.434 bits per heavy atom. The van der Waals surface area contributed by atoms with Gasteiger partial charge in [-0.05, 0) is 84.1 Å². The van der Waals surface area contributed by atoms with Gasteiger partial charge in [-0.1, -0.05) is 152 Å². The Labute approximate surface area is 332 Å². The third-order valence-electron chi connectivity index (χ3n) is 11.0. The van der Waals surface area contributed by atoms with Crippen LogP contribution in [-0.2, 0) is 0 Å². The lowest BCUT2D eigenvalue weighted by Gasteiger charge is -2.34.